The lowest BCUT2D eigenvalue weighted by Crippen LogP contribution is -2.44. The van der Waals surface area contributed by atoms with Crippen LogP contribution in [-0.4, -0.2) is 60.8 Å². The molecule has 1 aliphatic heterocycles. The molecule has 6 heteroatoms. The van der Waals surface area contributed by atoms with E-state index >= 15 is 0 Å². The van der Waals surface area contributed by atoms with Crippen molar-refractivity contribution in [3.8, 4) is 0 Å². The number of hydrogen-bond acceptors (Lipinski definition) is 4. The van der Waals surface area contributed by atoms with Gasteiger partial charge in [-0.2, -0.15) is 0 Å². The smallest absolute Gasteiger partial charge is 0.305 e. The van der Waals surface area contributed by atoms with Crippen molar-refractivity contribution in [2.24, 2.45) is 0 Å². The third-order valence-corrected chi connectivity index (χ3v) is 3.03. The molecule has 1 aliphatic rings. The van der Waals surface area contributed by atoms with Crippen LogP contribution < -0.4 is 5.32 Å². The van der Waals surface area contributed by atoms with Gasteiger partial charge in [0.2, 0.25) is 5.91 Å². The van der Waals surface area contributed by atoms with Crippen molar-refractivity contribution in [2.75, 3.05) is 32.8 Å². The highest BCUT2D eigenvalue weighted by atomic mass is 16.5. The number of likely N-dealkylation sites (tertiary alicyclic amines) is 1. The molecule has 2 N–H and O–H groups in total. The van der Waals surface area contributed by atoms with E-state index in [4.69, 9.17) is 9.84 Å². The zero-order chi connectivity index (χ0) is 14.1. The van der Waals surface area contributed by atoms with Gasteiger partial charge in [-0.3, -0.25) is 9.59 Å². The van der Waals surface area contributed by atoms with Gasteiger partial charge in [-0.05, 0) is 12.8 Å². The zero-order valence-corrected chi connectivity index (χ0v) is 11.1. The van der Waals surface area contributed by atoms with Gasteiger partial charge in [0.15, 0.2) is 0 Å². The molecule has 6 nitrogen and oxygen atoms in total. The van der Waals surface area contributed by atoms with Gasteiger partial charge in [0.1, 0.15) is 0 Å². The van der Waals surface area contributed by atoms with Crippen LogP contribution in [0.3, 0.4) is 0 Å². The van der Waals surface area contributed by atoms with Gasteiger partial charge in [0.05, 0.1) is 25.7 Å². The molecule has 1 heterocycles. The summed E-state index contributed by atoms with van der Waals surface area (Å²) in [7, 11) is 0. The van der Waals surface area contributed by atoms with Gasteiger partial charge in [-0.15, -0.1) is 6.58 Å². The van der Waals surface area contributed by atoms with Gasteiger partial charge in [0, 0.05) is 19.6 Å². The molecule has 0 aromatic carbocycles. The van der Waals surface area contributed by atoms with Crippen LogP contribution in [-0.2, 0) is 14.3 Å². The number of nitrogens with one attached hydrogen (secondary N) is 1. The number of aliphatic carboxylic acids is 1. The fourth-order valence-corrected chi connectivity index (χ4v) is 1.98. The second kappa shape index (κ2) is 8.66. The van der Waals surface area contributed by atoms with E-state index in [1.165, 1.54) is 0 Å². The normalized spacial score (nSPS) is 16.3. The van der Waals surface area contributed by atoms with E-state index in [0.29, 0.717) is 26.2 Å². The summed E-state index contributed by atoms with van der Waals surface area (Å²) in [5.74, 6) is -0.758. The SMILES string of the molecule is C=CCNCC(=O)N1CCC(OCCC(=O)O)CC1. The Hall–Kier alpha value is -1.40. The van der Waals surface area contributed by atoms with E-state index in [1.807, 2.05) is 4.90 Å². The Bertz CT molecular complexity index is 312. The number of carboxylic acid groups (broad SMARTS) is 1. The standard InChI is InChI=1S/C13H22N2O4/c1-2-6-14-10-12(16)15-7-3-11(4-8-15)19-9-5-13(17)18/h2,11,14H,1,3-10H2,(H,17,18). The summed E-state index contributed by atoms with van der Waals surface area (Å²) < 4.78 is 5.47. The first-order valence-electron chi connectivity index (χ1n) is 6.56. The average Bonchev–Trinajstić information content (AvgIpc) is 2.39. The molecule has 108 valence electrons. The van der Waals surface area contributed by atoms with E-state index in [9.17, 15) is 9.59 Å². The fraction of sp³-hybridized carbons (Fsp3) is 0.692. The summed E-state index contributed by atoms with van der Waals surface area (Å²) in [4.78, 5) is 24.0. The van der Waals surface area contributed by atoms with Crippen molar-refractivity contribution in [3.05, 3.63) is 12.7 Å². The number of carbonyl (C=O) groups excluding carboxylic acids is 1. The van der Waals surface area contributed by atoms with Crippen molar-refractivity contribution >= 4 is 11.9 Å². The number of carbonyl (C=O) groups is 2. The first kappa shape index (κ1) is 15.7. The number of piperidine rings is 1. The number of nitrogens with zero attached hydrogens (tertiary/aromatic N) is 1. The van der Waals surface area contributed by atoms with Crippen molar-refractivity contribution in [2.45, 2.75) is 25.4 Å². The van der Waals surface area contributed by atoms with Crippen LogP contribution in [0.2, 0.25) is 0 Å². The average molecular weight is 270 g/mol. The minimum Gasteiger partial charge on any atom is -0.481 e. The third-order valence-electron chi connectivity index (χ3n) is 3.03. The molecule has 0 unspecified atom stereocenters. The fourth-order valence-electron chi connectivity index (χ4n) is 1.98. The van der Waals surface area contributed by atoms with Crippen LogP contribution in [0.1, 0.15) is 19.3 Å². The van der Waals surface area contributed by atoms with Crippen LogP contribution in [0.15, 0.2) is 12.7 Å². The summed E-state index contributed by atoms with van der Waals surface area (Å²) in [6.07, 6.45) is 3.37. The Labute approximate surface area is 113 Å². The van der Waals surface area contributed by atoms with Gasteiger partial charge in [-0.1, -0.05) is 6.08 Å². The molecule has 0 atom stereocenters. The first-order valence-corrected chi connectivity index (χ1v) is 6.56. The highest BCUT2D eigenvalue weighted by molar-refractivity contribution is 5.78. The van der Waals surface area contributed by atoms with E-state index < -0.39 is 5.97 Å². The van der Waals surface area contributed by atoms with Gasteiger partial charge >= 0.3 is 5.97 Å². The summed E-state index contributed by atoms with van der Waals surface area (Å²) >= 11 is 0. The number of amides is 1. The van der Waals surface area contributed by atoms with Gasteiger partial charge in [0.25, 0.3) is 0 Å². The quantitative estimate of drug-likeness (QED) is 0.488. The molecule has 0 saturated carbocycles. The minimum atomic E-state index is -0.846. The molecule has 1 rings (SSSR count). The zero-order valence-electron chi connectivity index (χ0n) is 11.1. The highest BCUT2D eigenvalue weighted by Gasteiger charge is 2.22. The number of rotatable bonds is 8. The Morgan fingerprint density at radius 2 is 2.11 bits per heavy atom. The lowest BCUT2D eigenvalue weighted by Gasteiger charge is -2.32. The maximum atomic E-state index is 11.8. The minimum absolute atomic E-state index is 0.0324. The van der Waals surface area contributed by atoms with E-state index in [2.05, 4.69) is 11.9 Å². The Morgan fingerprint density at radius 1 is 1.42 bits per heavy atom. The monoisotopic (exact) mass is 270 g/mol. The lowest BCUT2D eigenvalue weighted by atomic mass is 10.1. The Kier molecular flexibility index (Phi) is 7.14. The molecule has 0 spiro atoms. The molecule has 0 radical (unpaired) electrons. The van der Waals surface area contributed by atoms with Crippen LogP contribution in [0.5, 0.6) is 0 Å². The summed E-state index contributed by atoms with van der Waals surface area (Å²) in [6.45, 7) is 6.12. The lowest BCUT2D eigenvalue weighted by molar-refractivity contribution is -0.139. The number of ether oxygens (including phenoxy) is 1. The molecule has 1 amide bonds. The summed E-state index contributed by atoms with van der Waals surface area (Å²) in [5.41, 5.74) is 0. The number of hydrogen-bond donors (Lipinski definition) is 2. The maximum absolute atomic E-state index is 11.8. The molecule has 0 aromatic heterocycles. The number of carboxylic acids is 1. The summed E-state index contributed by atoms with van der Waals surface area (Å²) in [5, 5.41) is 11.5. The van der Waals surface area contributed by atoms with Crippen molar-refractivity contribution < 1.29 is 19.4 Å². The topological polar surface area (TPSA) is 78.9 Å². The highest BCUT2D eigenvalue weighted by Crippen LogP contribution is 2.13. The third kappa shape index (κ3) is 6.35. The van der Waals surface area contributed by atoms with Gasteiger partial charge in [-0.25, -0.2) is 0 Å². The van der Waals surface area contributed by atoms with Crippen LogP contribution in [0.4, 0.5) is 0 Å². The van der Waals surface area contributed by atoms with Crippen LogP contribution >= 0.6 is 0 Å². The Morgan fingerprint density at radius 3 is 2.68 bits per heavy atom. The van der Waals surface area contributed by atoms with E-state index in [0.717, 1.165) is 12.8 Å². The van der Waals surface area contributed by atoms with Crippen LogP contribution in [0.25, 0.3) is 0 Å². The molecule has 19 heavy (non-hydrogen) atoms. The second-order valence-corrected chi connectivity index (χ2v) is 4.51. The second-order valence-electron chi connectivity index (χ2n) is 4.51. The van der Waals surface area contributed by atoms with E-state index in [1.54, 1.807) is 6.08 Å². The molecule has 0 bridgehead atoms. The maximum Gasteiger partial charge on any atom is 0.305 e. The van der Waals surface area contributed by atoms with E-state index in [-0.39, 0.29) is 25.0 Å². The molecule has 1 saturated heterocycles. The Balaban J connectivity index is 2.15. The molecule has 0 aliphatic carbocycles. The molecular formula is C13H22N2O4. The first-order chi connectivity index (χ1) is 9.13. The van der Waals surface area contributed by atoms with Crippen molar-refractivity contribution in [3.63, 3.8) is 0 Å². The van der Waals surface area contributed by atoms with Crippen molar-refractivity contribution in [1.29, 1.82) is 0 Å². The molecule has 1 fully saturated rings. The van der Waals surface area contributed by atoms with Crippen LogP contribution in [0, 0.1) is 0 Å². The predicted octanol–water partition coefficient (Wildman–Crippen LogP) is 0.244. The predicted molar refractivity (Wildman–Crippen MR) is 70.9 cm³/mol. The largest absolute Gasteiger partial charge is 0.481 e. The molecular weight excluding hydrogens is 248 g/mol. The molecule has 0 aromatic rings. The van der Waals surface area contributed by atoms with Gasteiger partial charge < -0.3 is 20.1 Å². The summed E-state index contributed by atoms with van der Waals surface area (Å²) in [6, 6.07) is 0. The van der Waals surface area contributed by atoms with Crippen molar-refractivity contribution in [1.82, 2.24) is 10.2 Å².